The van der Waals surface area contributed by atoms with Crippen LogP contribution >= 0.6 is 0 Å². The molecule has 1 aromatic carbocycles. The maximum atomic E-state index is 13.1. The van der Waals surface area contributed by atoms with Crippen LogP contribution in [0, 0.1) is 6.92 Å². The van der Waals surface area contributed by atoms with E-state index in [1.165, 1.54) is 14.0 Å². The zero-order chi connectivity index (χ0) is 22.8. The molecule has 0 radical (unpaired) electrons. The number of carbonyl (C=O) groups excluding carboxylic acids is 3. The second-order valence-electron chi connectivity index (χ2n) is 8.00. The number of hydrogen-bond donors (Lipinski definition) is 2. The number of methoxy groups -OCH3 is 1. The van der Waals surface area contributed by atoms with Crippen molar-refractivity contribution >= 4 is 34.6 Å². The van der Waals surface area contributed by atoms with Gasteiger partial charge in [0.25, 0.3) is 0 Å². The molecule has 32 heavy (non-hydrogen) atoms. The number of rotatable bonds is 5. The standard InChI is InChI=1S/C23H27N5O4/c1-14-20(22(31)32-3)18(24-21(14)15(2)29)13-19(30)27-9-6-10-28(12-11-27)23-25-16-7-4-5-8-17(16)26-23/h4-5,7-8,24H,6,9-13H2,1-3H3,(H,25,26). The Morgan fingerprint density at radius 2 is 1.88 bits per heavy atom. The number of aromatic nitrogens is 3. The molecule has 0 atom stereocenters. The third-order valence-corrected chi connectivity index (χ3v) is 5.92. The molecule has 0 spiro atoms. The van der Waals surface area contributed by atoms with Crippen molar-refractivity contribution in [1.29, 1.82) is 0 Å². The lowest BCUT2D eigenvalue weighted by atomic mass is 10.1. The number of carbonyl (C=O) groups is 3. The van der Waals surface area contributed by atoms with Gasteiger partial charge in [-0.05, 0) is 31.0 Å². The van der Waals surface area contributed by atoms with Crippen LogP contribution in [0.3, 0.4) is 0 Å². The number of benzene rings is 1. The number of esters is 1. The van der Waals surface area contributed by atoms with Crippen LogP contribution in [0.15, 0.2) is 24.3 Å². The molecule has 1 saturated heterocycles. The molecule has 0 saturated carbocycles. The molecule has 3 aromatic rings. The highest BCUT2D eigenvalue weighted by Gasteiger charge is 2.27. The lowest BCUT2D eigenvalue weighted by Gasteiger charge is -2.22. The van der Waals surface area contributed by atoms with E-state index in [1.807, 2.05) is 24.3 Å². The Bertz CT molecular complexity index is 1150. The third kappa shape index (κ3) is 4.10. The summed E-state index contributed by atoms with van der Waals surface area (Å²) in [5, 5.41) is 0. The van der Waals surface area contributed by atoms with E-state index < -0.39 is 5.97 Å². The normalized spacial score (nSPS) is 14.5. The molecule has 1 amide bonds. The lowest BCUT2D eigenvalue weighted by Crippen LogP contribution is -2.36. The zero-order valence-electron chi connectivity index (χ0n) is 18.5. The molecular weight excluding hydrogens is 410 g/mol. The van der Waals surface area contributed by atoms with E-state index in [0.717, 1.165) is 29.9 Å². The summed E-state index contributed by atoms with van der Waals surface area (Å²) in [7, 11) is 1.29. The zero-order valence-corrected chi connectivity index (χ0v) is 18.5. The number of anilines is 1. The number of hydrogen-bond acceptors (Lipinski definition) is 6. The topological polar surface area (TPSA) is 111 Å². The molecular formula is C23H27N5O4. The number of imidazole rings is 1. The van der Waals surface area contributed by atoms with Crippen molar-refractivity contribution in [2.24, 2.45) is 0 Å². The van der Waals surface area contributed by atoms with Crippen LogP contribution in [-0.4, -0.2) is 70.8 Å². The van der Waals surface area contributed by atoms with Crippen molar-refractivity contribution in [2.75, 3.05) is 38.2 Å². The fraction of sp³-hybridized carbons (Fsp3) is 0.391. The summed E-state index contributed by atoms with van der Waals surface area (Å²) in [6.07, 6.45) is 0.804. The van der Waals surface area contributed by atoms with Gasteiger partial charge >= 0.3 is 5.97 Å². The van der Waals surface area contributed by atoms with E-state index in [2.05, 4.69) is 19.9 Å². The van der Waals surface area contributed by atoms with E-state index in [4.69, 9.17) is 4.74 Å². The number of fused-ring (bicyclic) bond motifs is 1. The molecule has 1 aliphatic rings. The molecule has 9 heteroatoms. The Morgan fingerprint density at radius 3 is 2.59 bits per heavy atom. The largest absolute Gasteiger partial charge is 0.465 e. The second kappa shape index (κ2) is 8.86. The van der Waals surface area contributed by atoms with Crippen molar-refractivity contribution in [3.05, 3.63) is 46.8 Å². The Balaban J connectivity index is 1.48. The summed E-state index contributed by atoms with van der Waals surface area (Å²) < 4.78 is 4.87. The third-order valence-electron chi connectivity index (χ3n) is 5.92. The number of Topliss-reactive ketones (excluding diaryl/α,β-unsaturated/α-hetero) is 1. The Kier molecular flexibility index (Phi) is 5.98. The quantitative estimate of drug-likeness (QED) is 0.469. The van der Waals surface area contributed by atoms with Gasteiger partial charge in [0.05, 0.1) is 35.8 Å². The number of aromatic amines is 2. The fourth-order valence-corrected chi connectivity index (χ4v) is 4.25. The van der Waals surface area contributed by atoms with Gasteiger partial charge < -0.3 is 24.5 Å². The van der Waals surface area contributed by atoms with Crippen LogP contribution in [0.5, 0.6) is 0 Å². The van der Waals surface area contributed by atoms with Crippen LogP contribution in [0.1, 0.15) is 45.4 Å². The maximum Gasteiger partial charge on any atom is 0.339 e. The maximum absolute atomic E-state index is 13.1. The number of nitrogens with zero attached hydrogens (tertiary/aromatic N) is 3. The van der Waals surface area contributed by atoms with Gasteiger partial charge in [-0.1, -0.05) is 12.1 Å². The first-order valence-corrected chi connectivity index (χ1v) is 10.7. The monoisotopic (exact) mass is 437 g/mol. The van der Waals surface area contributed by atoms with Crippen molar-refractivity contribution in [2.45, 2.75) is 26.7 Å². The number of ether oxygens (including phenoxy) is 1. The van der Waals surface area contributed by atoms with Gasteiger partial charge in [-0.3, -0.25) is 9.59 Å². The number of amides is 1. The summed E-state index contributed by atoms with van der Waals surface area (Å²) in [5.41, 5.74) is 3.43. The molecule has 3 heterocycles. The average molecular weight is 438 g/mol. The first-order valence-electron chi connectivity index (χ1n) is 10.7. The van der Waals surface area contributed by atoms with Gasteiger partial charge in [-0.15, -0.1) is 0 Å². The van der Waals surface area contributed by atoms with E-state index in [9.17, 15) is 14.4 Å². The highest BCUT2D eigenvalue weighted by Crippen LogP contribution is 2.22. The molecule has 9 nitrogen and oxygen atoms in total. The predicted octanol–water partition coefficient (Wildman–Crippen LogP) is 2.47. The van der Waals surface area contributed by atoms with Crippen molar-refractivity contribution < 1.29 is 19.1 Å². The molecule has 1 fully saturated rings. The molecule has 1 aliphatic heterocycles. The molecule has 2 N–H and O–H groups in total. The molecule has 4 rings (SSSR count). The Morgan fingerprint density at radius 1 is 1.09 bits per heavy atom. The summed E-state index contributed by atoms with van der Waals surface area (Å²) in [6, 6.07) is 7.88. The summed E-state index contributed by atoms with van der Waals surface area (Å²) in [4.78, 5) is 52.2. The van der Waals surface area contributed by atoms with E-state index in [1.54, 1.807) is 11.8 Å². The summed E-state index contributed by atoms with van der Waals surface area (Å²) in [5.74, 6) is -0.0406. The first-order chi connectivity index (χ1) is 15.4. The molecule has 168 valence electrons. The van der Waals surface area contributed by atoms with Crippen LogP contribution in [0.4, 0.5) is 5.95 Å². The minimum Gasteiger partial charge on any atom is -0.465 e. The van der Waals surface area contributed by atoms with Gasteiger partial charge in [-0.2, -0.15) is 0 Å². The SMILES string of the molecule is COC(=O)c1c(CC(=O)N2CCCN(c3nc4ccccc4[nH]3)CC2)[nH]c(C(C)=O)c1C. The van der Waals surface area contributed by atoms with Crippen LogP contribution < -0.4 is 4.90 Å². The number of para-hydroxylation sites is 2. The predicted molar refractivity (Wildman–Crippen MR) is 120 cm³/mol. The van der Waals surface area contributed by atoms with Crippen LogP contribution in [-0.2, 0) is 16.0 Å². The molecule has 0 bridgehead atoms. The molecule has 0 unspecified atom stereocenters. The Labute approximate surface area is 185 Å². The van der Waals surface area contributed by atoms with E-state index >= 15 is 0 Å². The van der Waals surface area contributed by atoms with Gasteiger partial charge in [-0.25, -0.2) is 9.78 Å². The van der Waals surface area contributed by atoms with Crippen LogP contribution in [0.2, 0.25) is 0 Å². The summed E-state index contributed by atoms with van der Waals surface area (Å²) in [6.45, 7) is 5.70. The minimum absolute atomic E-state index is 0.00317. The van der Waals surface area contributed by atoms with Crippen molar-refractivity contribution in [3.63, 3.8) is 0 Å². The fourth-order valence-electron chi connectivity index (χ4n) is 4.25. The van der Waals surface area contributed by atoms with E-state index in [-0.39, 0.29) is 23.7 Å². The highest BCUT2D eigenvalue weighted by atomic mass is 16.5. The lowest BCUT2D eigenvalue weighted by molar-refractivity contribution is -0.130. The highest BCUT2D eigenvalue weighted by molar-refractivity contribution is 6.01. The van der Waals surface area contributed by atoms with Crippen LogP contribution in [0.25, 0.3) is 11.0 Å². The molecule has 2 aromatic heterocycles. The summed E-state index contributed by atoms with van der Waals surface area (Å²) >= 11 is 0. The second-order valence-corrected chi connectivity index (χ2v) is 8.00. The van der Waals surface area contributed by atoms with Gasteiger partial charge in [0.15, 0.2) is 5.78 Å². The van der Waals surface area contributed by atoms with Gasteiger partial charge in [0.2, 0.25) is 11.9 Å². The minimum atomic E-state index is -0.555. The first kappa shape index (κ1) is 21.6. The average Bonchev–Trinajstić information content (AvgIpc) is 3.24. The smallest absolute Gasteiger partial charge is 0.339 e. The Hall–Kier alpha value is -3.62. The number of nitrogens with one attached hydrogen (secondary N) is 2. The number of H-pyrrole nitrogens is 2. The van der Waals surface area contributed by atoms with E-state index in [0.29, 0.717) is 36.6 Å². The van der Waals surface area contributed by atoms with Crippen molar-refractivity contribution in [1.82, 2.24) is 19.9 Å². The van der Waals surface area contributed by atoms with Gasteiger partial charge in [0, 0.05) is 38.8 Å². The van der Waals surface area contributed by atoms with Gasteiger partial charge in [0.1, 0.15) is 0 Å². The number of ketones is 1. The molecule has 0 aliphatic carbocycles. The van der Waals surface area contributed by atoms with Crippen molar-refractivity contribution in [3.8, 4) is 0 Å².